The second-order valence-corrected chi connectivity index (χ2v) is 13.3. The van der Waals surface area contributed by atoms with Crippen LogP contribution in [0.3, 0.4) is 0 Å². The average molecular weight is 640 g/mol. The van der Waals surface area contributed by atoms with E-state index in [1.165, 1.54) is 0 Å². The number of nitrogens with one attached hydrogen (secondary N) is 2. The molecule has 0 aliphatic heterocycles. The van der Waals surface area contributed by atoms with Crippen molar-refractivity contribution in [2.45, 2.75) is 91.0 Å². The zero-order valence-electron chi connectivity index (χ0n) is 26.5. The third-order valence-corrected chi connectivity index (χ3v) is 8.50. The summed E-state index contributed by atoms with van der Waals surface area (Å²) in [5, 5.41) is 26.1. The number of nitrogens with two attached hydrogens (primary N) is 1. The number of carbonyl (C=O) groups excluding carboxylic acids is 2. The molecule has 0 spiro atoms. The number of amides is 2. The highest BCUT2D eigenvalue weighted by molar-refractivity contribution is 8.76. The van der Waals surface area contributed by atoms with Gasteiger partial charge in [-0.15, -0.1) is 0 Å². The van der Waals surface area contributed by atoms with Crippen LogP contribution in [0.15, 0.2) is 60.8 Å². The van der Waals surface area contributed by atoms with Gasteiger partial charge in [-0.05, 0) is 51.4 Å². The molecular formula is C33H57N3O5S2. The maximum atomic E-state index is 12.4. The molecule has 0 aromatic rings. The second-order valence-electron chi connectivity index (χ2n) is 10.6. The molecule has 0 heterocycles. The third kappa shape index (κ3) is 26.3. The van der Waals surface area contributed by atoms with Crippen LogP contribution in [0, 0.1) is 5.41 Å². The zero-order chi connectivity index (χ0) is 32.0. The van der Waals surface area contributed by atoms with Crippen LogP contribution >= 0.6 is 21.6 Å². The Balaban J connectivity index is 3.97. The standard InChI is InChI=1S/C33H57N3O5S2/c1-4-5-6-7-8-9-10-11-12-13-14-15-16-17-18-19-20-21-30(38)41-28-33(2,3)31(39)32(40)36-24-22-29(37)35-25-27-43-42-26-23-34/h5-6,8-9,11-12,14-15,17-18,30-31,38-39H,4,7,10,13,16,19-28,34H2,1-3H3,(H,35,37)(H,36,40). The normalized spacial score (nSPS) is 14.1. The van der Waals surface area contributed by atoms with Gasteiger partial charge in [-0.25, -0.2) is 0 Å². The zero-order valence-corrected chi connectivity index (χ0v) is 28.2. The topological polar surface area (TPSA) is 134 Å². The van der Waals surface area contributed by atoms with E-state index < -0.39 is 23.7 Å². The Kier molecular flexibility index (Phi) is 27.7. The van der Waals surface area contributed by atoms with Crippen LogP contribution in [0.2, 0.25) is 0 Å². The maximum absolute atomic E-state index is 12.4. The first-order valence-electron chi connectivity index (χ1n) is 15.5. The Labute approximate surface area is 268 Å². The molecule has 0 aliphatic rings. The fourth-order valence-electron chi connectivity index (χ4n) is 3.49. The van der Waals surface area contributed by atoms with E-state index in [9.17, 15) is 19.8 Å². The van der Waals surface area contributed by atoms with Gasteiger partial charge in [-0.3, -0.25) is 9.59 Å². The van der Waals surface area contributed by atoms with Crippen molar-refractivity contribution in [3.63, 3.8) is 0 Å². The summed E-state index contributed by atoms with van der Waals surface area (Å²) in [5.74, 6) is 0.932. The molecule has 0 saturated carbocycles. The van der Waals surface area contributed by atoms with E-state index in [2.05, 4.69) is 78.3 Å². The molecule has 10 heteroatoms. The summed E-state index contributed by atoms with van der Waals surface area (Å²) in [7, 11) is 3.33. The average Bonchev–Trinajstić information content (AvgIpc) is 2.99. The smallest absolute Gasteiger partial charge is 0.249 e. The quantitative estimate of drug-likeness (QED) is 0.0340. The molecule has 0 fully saturated rings. The molecule has 0 rings (SSSR count). The van der Waals surface area contributed by atoms with E-state index in [-0.39, 0.29) is 25.5 Å². The summed E-state index contributed by atoms with van der Waals surface area (Å²) in [4.78, 5) is 24.3. The number of hydrogen-bond acceptors (Lipinski definition) is 8. The molecule has 43 heavy (non-hydrogen) atoms. The first kappa shape index (κ1) is 41.2. The van der Waals surface area contributed by atoms with E-state index in [0.29, 0.717) is 19.5 Å². The van der Waals surface area contributed by atoms with Crippen molar-refractivity contribution in [1.29, 1.82) is 0 Å². The Morgan fingerprint density at radius 2 is 1.40 bits per heavy atom. The molecule has 0 aromatic carbocycles. The predicted octanol–water partition coefficient (Wildman–Crippen LogP) is 5.59. The largest absolute Gasteiger partial charge is 0.383 e. The highest BCUT2D eigenvalue weighted by Gasteiger charge is 2.34. The minimum Gasteiger partial charge on any atom is -0.383 e. The van der Waals surface area contributed by atoms with Crippen molar-refractivity contribution in [1.82, 2.24) is 10.6 Å². The maximum Gasteiger partial charge on any atom is 0.249 e. The van der Waals surface area contributed by atoms with Gasteiger partial charge in [0, 0.05) is 43.0 Å². The summed E-state index contributed by atoms with van der Waals surface area (Å²) >= 11 is 0. The van der Waals surface area contributed by atoms with Gasteiger partial charge in [-0.1, -0.05) is 103 Å². The van der Waals surface area contributed by atoms with Gasteiger partial charge in [0.25, 0.3) is 0 Å². The lowest BCUT2D eigenvalue weighted by atomic mass is 9.87. The Morgan fingerprint density at radius 3 is 1.98 bits per heavy atom. The first-order valence-corrected chi connectivity index (χ1v) is 17.9. The van der Waals surface area contributed by atoms with Gasteiger partial charge in [0.05, 0.1) is 6.61 Å². The van der Waals surface area contributed by atoms with Crippen molar-refractivity contribution >= 4 is 33.4 Å². The van der Waals surface area contributed by atoms with Crippen LogP contribution in [-0.4, -0.2) is 72.2 Å². The van der Waals surface area contributed by atoms with Gasteiger partial charge in [0.15, 0.2) is 6.29 Å². The van der Waals surface area contributed by atoms with Crippen molar-refractivity contribution in [2.24, 2.45) is 11.1 Å². The van der Waals surface area contributed by atoms with E-state index >= 15 is 0 Å². The third-order valence-electron chi connectivity index (χ3n) is 6.06. The predicted molar refractivity (Wildman–Crippen MR) is 185 cm³/mol. The van der Waals surface area contributed by atoms with Crippen LogP contribution in [0.1, 0.15) is 78.6 Å². The lowest BCUT2D eigenvalue weighted by Crippen LogP contribution is -2.47. The number of aliphatic hydroxyl groups is 2. The summed E-state index contributed by atoms with van der Waals surface area (Å²) in [6, 6.07) is 0. The van der Waals surface area contributed by atoms with Crippen molar-refractivity contribution in [3.05, 3.63) is 60.8 Å². The van der Waals surface area contributed by atoms with E-state index in [4.69, 9.17) is 10.5 Å². The molecule has 6 N–H and O–H groups in total. The van der Waals surface area contributed by atoms with E-state index in [0.717, 1.165) is 56.5 Å². The van der Waals surface area contributed by atoms with Crippen LogP contribution in [0.4, 0.5) is 0 Å². The molecule has 2 unspecified atom stereocenters. The second kappa shape index (κ2) is 28.9. The Hall–Kier alpha value is -1.82. The van der Waals surface area contributed by atoms with Gasteiger partial charge in [0.1, 0.15) is 6.10 Å². The number of allylic oxidation sites excluding steroid dienone is 10. The lowest BCUT2D eigenvalue weighted by molar-refractivity contribution is -0.155. The molecule has 0 bridgehead atoms. The van der Waals surface area contributed by atoms with E-state index in [1.54, 1.807) is 35.4 Å². The van der Waals surface area contributed by atoms with Crippen molar-refractivity contribution in [2.75, 3.05) is 37.7 Å². The number of ether oxygens (including phenoxy) is 1. The fraction of sp³-hybridized carbons (Fsp3) is 0.636. The molecule has 0 radical (unpaired) electrons. The number of hydrogen-bond donors (Lipinski definition) is 5. The SMILES string of the molecule is CCC=CCC=CCC=CCC=CCC=CCCCC(O)OCC(C)(C)C(O)C(=O)NCCC(=O)NCCSSCCN. The Bertz CT molecular complexity index is 859. The molecule has 0 aromatic heterocycles. The first-order chi connectivity index (χ1) is 20.7. The van der Waals surface area contributed by atoms with Crippen LogP contribution < -0.4 is 16.4 Å². The highest BCUT2D eigenvalue weighted by Crippen LogP contribution is 2.22. The van der Waals surface area contributed by atoms with Crippen molar-refractivity contribution in [3.8, 4) is 0 Å². The monoisotopic (exact) mass is 639 g/mol. The van der Waals surface area contributed by atoms with Crippen molar-refractivity contribution < 1.29 is 24.5 Å². The molecule has 246 valence electrons. The van der Waals surface area contributed by atoms with Crippen LogP contribution in [-0.2, 0) is 14.3 Å². The summed E-state index contributed by atoms with van der Waals surface area (Å²) in [6.07, 6.45) is 26.4. The number of carbonyl (C=O) groups is 2. The molecule has 8 nitrogen and oxygen atoms in total. The van der Waals surface area contributed by atoms with Crippen LogP contribution in [0.5, 0.6) is 0 Å². The molecule has 2 amide bonds. The van der Waals surface area contributed by atoms with Crippen LogP contribution in [0.25, 0.3) is 0 Å². The van der Waals surface area contributed by atoms with Gasteiger partial charge in [0.2, 0.25) is 11.8 Å². The molecule has 2 atom stereocenters. The van der Waals surface area contributed by atoms with Gasteiger partial charge < -0.3 is 31.3 Å². The molecular weight excluding hydrogens is 583 g/mol. The summed E-state index contributed by atoms with van der Waals surface area (Å²) in [6.45, 7) is 6.87. The van der Waals surface area contributed by atoms with Gasteiger partial charge >= 0.3 is 0 Å². The van der Waals surface area contributed by atoms with E-state index in [1.807, 2.05) is 0 Å². The lowest BCUT2D eigenvalue weighted by Gasteiger charge is -2.30. The minimum atomic E-state index is -1.33. The summed E-state index contributed by atoms with van der Waals surface area (Å²) in [5.41, 5.74) is 4.52. The highest BCUT2D eigenvalue weighted by atomic mass is 33.1. The summed E-state index contributed by atoms with van der Waals surface area (Å²) < 4.78 is 5.52. The Morgan fingerprint density at radius 1 is 0.837 bits per heavy atom. The fourth-order valence-corrected chi connectivity index (χ4v) is 5.25. The van der Waals surface area contributed by atoms with Gasteiger partial charge in [-0.2, -0.15) is 0 Å². The number of aliphatic hydroxyl groups excluding tert-OH is 2. The number of unbranched alkanes of at least 4 members (excludes halogenated alkanes) is 1. The number of rotatable bonds is 27. The molecule has 0 aliphatic carbocycles. The minimum absolute atomic E-state index is 0.0186. The molecule has 0 saturated heterocycles.